The van der Waals surface area contributed by atoms with Crippen molar-refractivity contribution in [2.24, 2.45) is 0 Å². The highest BCUT2D eigenvalue weighted by Gasteiger charge is 2.26. The normalized spacial score (nSPS) is 20.8. The molecule has 8 heteroatoms. The average molecular weight is 363 g/mol. The second kappa shape index (κ2) is 7.79. The van der Waals surface area contributed by atoms with E-state index < -0.39 is 10.0 Å². The molecule has 0 unspecified atom stereocenters. The molecule has 0 spiro atoms. The first-order chi connectivity index (χ1) is 12.1. The van der Waals surface area contributed by atoms with Gasteiger partial charge in [-0.3, -0.25) is 4.98 Å². The van der Waals surface area contributed by atoms with Gasteiger partial charge < -0.3 is 9.47 Å². The fourth-order valence-electron chi connectivity index (χ4n) is 2.84. The summed E-state index contributed by atoms with van der Waals surface area (Å²) in [5, 5.41) is 0. The second-order valence-electron chi connectivity index (χ2n) is 5.93. The van der Waals surface area contributed by atoms with Crippen LogP contribution in [0.5, 0.6) is 11.8 Å². The highest BCUT2D eigenvalue weighted by atomic mass is 32.2. The van der Waals surface area contributed by atoms with Crippen molar-refractivity contribution in [3.8, 4) is 11.8 Å². The molecule has 0 saturated heterocycles. The molecular weight excluding hydrogens is 342 g/mol. The lowest BCUT2D eigenvalue weighted by Gasteiger charge is -2.29. The number of benzene rings is 1. The maximum atomic E-state index is 12.4. The zero-order chi connectivity index (χ0) is 17.7. The first-order valence-electron chi connectivity index (χ1n) is 8.17. The van der Waals surface area contributed by atoms with Gasteiger partial charge in [-0.2, -0.15) is 4.98 Å². The largest absolute Gasteiger partial charge is 0.480 e. The van der Waals surface area contributed by atoms with E-state index in [1.165, 1.54) is 13.3 Å². The minimum absolute atomic E-state index is 0.00103. The number of aromatic nitrogens is 2. The Kier molecular flexibility index (Phi) is 5.50. The van der Waals surface area contributed by atoms with E-state index in [-0.39, 0.29) is 12.1 Å². The van der Waals surface area contributed by atoms with Gasteiger partial charge in [0.05, 0.1) is 24.4 Å². The molecule has 7 nitrogen and oxygen atoms in total. The SMILES string of the molecule is COc1cncc(OC2CCC(NS(=O)(=O)c3ccccc3)CC2)n1. The highest BCUT2D eigenvalue weighted by Crippen LogP contribution is 2.24. The van der Waals surface area contributed by atoms with Gasteiger partial charge in [-0.05, 0) is 37.8 Å². The topological polar surface area (TPSA) is 90.4 Å². The van der Waals surface area contributed by atoms with Crippen LogP contribution in [0.4, 0.5) is 0 Å². The predicted octanol–water partition coefficient (Wildman–Crippen LogP) is 2.15. The molecule has 1 aromatic carbocycles. The number of nitrogens with zero attached hydrogens (tertiary/aromatic N) is 2. The summed E-state index contributed by atoms with van der Waals surface area (Å²) in [6.45, 7) is 0. The Bertz CT molecular complexity index is 791. The van der Waals surface area contributed by atoms with Crippen molar-refractivity contribution >= 4 is 10.0 Å². The molecule has 134 valence electrons. The summed E-state index contributed by atoms with van der Waals surface area (Å²) in [6.07, 6.45) is 6.00. The van der Waals surface area contributed by atoms with Gasteiger partial charge >= 0.3 is 0 Å². The fraction of sp³-hybridized carbons (Fsp3) is 0.412. The number of methoxy groups -OCH3 is 1. The lowest BCUT2D eigenvalue weighted by Crippen LogP contribution is -2.39. The van der Waals surface area contributed by atoms with Gasteiger partial charge in [0.25, 0.3) is 0 Å². The third-order valence-electron chi connectivity index (χ3n) is 4.14. The third kappa shape index (κ3) is 4.67. The van der Waals surface area contributed by atoms with Crippen LogP contribution in [-0.4, -0.2) is 37.6 Å². The molecule has 25 heavy (non-hydrogen) atoms. The van der Waals surface area contributed by atoms with Crippen LogP contribution in [0, 0.1) is 0 Å². The van der Waals surface area contributed by atoms with Crippen LogP contribution in [0.15, 0.2) is 47.6 Å². The zero-order valence-corrected chi connectivity index (χ0v) is 14.8. The van der Waals surface area contributed by atoms with Crippen LogP contribution >= 0.6 is 0 Å². The first kappa shape index (κ1) is 17.6. The van der Waals surface area contributed by atoms with E-state index >= 15 is 0 Å². The van der Waals surface area contributed by atoms with Crippen molar-refractivity contribution in [3.05, 3.63) is 42.7 Å². The average Bonchev–Trinajstić information content (AvgIpc) is 2.64. The van der Waals surface area contributed by atoms with Crippen molar-refractivity contribution in [2.45, 2.75) is 42.7 Å². The van der Waals surface area contributed by atoms with Crippen LogP contribution in [0.2, 0.25) is 0 Å². The highest BCUT2D eigenvalue weighted by molar-refractivity contribution is 7.89. The van der Waals surface area contributed by atoms with Crippen molar-refractivity contribution in [1.82, 2.24) is 14.7 Å². The molecule has 1 heterocycles. The molecule has 0 bridgehead atoms. The maximum Gasteiger partial charge on any atom is 0.240 e. The predicted molar refractivity (Wildman–Crippen MR) is 92.0 cm³/mol. The molecule has 1 N–H and O–H groups in total. The minimum Gasteiger partial charge on any atom is -0.480 e. The maximum absolute atomic E-state index is 12.4. The fourth-order valence-corrected chi connectivity index (χ4v) is 4.17. The lowest BCUT2D eigenvalue weighted by molar-refractivity contribution is 0.136. The number of sulfonamides is 1. The monoisotopic (exact) mass is 363 g/mol. The Morgan fingerprint density at radius 1 is 1.04 bits per heavy atom. The van der Waals surface area contributed by atoms with Gasteiger partial charge in [-0.15, -0.1) is 0 Å². The molecule has 1 aliphatic carbocycles. The smallest absolute Gasteiger partial charge is 0.240 e. The van der Waals surface area contributed by atoms with Crippen LogP contribution in [0.25, 0.3) is 0 Å². The summed E-state index contributed by atoms with van der Waals surface area (Å²) in [4.78, 5) is 8.49. The van der Waals surface area contributed by atoms with Crippen molar-refractivity contribution in [3.63, 3.8) is 0 Å². The van der Waals surface area contributed by atoms with E-state index in [0.29, 0.717) is 29.5 Å². The number of nitrogens with one attached hydrogen (secondary N) is 1. The lowest BCUT2D eigenvalue weighted by atomic mass is 9.94. The van der Waals surface area contributed by atoms with Gasteiger partial charge in [0.2, 0.25) is 21.8 Å². The van der Waals surface area contributed by atoms with Crippen LogP contribution in [0.3, 0.4) is 0 Å². The third-order valence-corrected chi connectivity index (χ3v) is 5.67. The number of hydrogen-bond acceptors (Lipinski definition) is 6. The molecule has 1 saturated carbocycles. The van der Waals surface area contributed by atoms with Crippen molar-refractivity contribution in [2.75, 3.05) is 7.11 Å². The Morgan fingerprint density at radius 3 is 2.40 bits per heavy atom. The Hall–Kier alpha value is -2.19. The summed E-state index contributed by atoms with van der Waals surface area (Å²) < 4.78 is 38.4. The van der Waals surface area contributed by atoms with E-state index in [4.69, 9.17) is 9.47 Å². The van der Waals surface area contributed by atoms with Gasteiger partial charge in [0.15, 0.2) is 0 Å². The minimum atomic E-state index is -3.47. The molecule has 1 aliphatic rings. The summed E-state index contributed by atoms with van der Waals surface area (Å²) in [5.74, 6) is 0.828. The first-order valence-corrected chi connectivity index (χ1v) is 9.65. The summed E-state index contributed by atoms with van der Waals surface area (Å²) >= 11 is 0. The number of hydrogen-bond donors (Lipinski definition) is 1. The molecule has 3 rings (SSSR count). The van der Waals surface area contributed by atoms with Crippen molar-refractivity contribution in [1.29, 1.82) is 0 Å². The molecule has 1 fully saturated rings. The van der Waals surface area contributed by atoms with Gasteiger partial charge in [0, 0.05) is 6.04 Å². The van der Waals surface area contributed by atoms with E-state index in [1.807, 2.05) is 0 Å². The van der Waals surface area contributed by atoms with Gasteiger partial charge in [0.1, 0.15) is 6.10 Å². The zero-order valence-electron chi connectivity index (χ0n) is 14.0. The standard InChI is InChI=1S/C17H21N3O4S/c1-23-16-11-18-12-17(19-16)24-14-9-7-13(8-10-14)20-25(21,22)15-5-3-2-4-6-15/h2-6,11-14,20H,7-10H2,1H3. The molecule has 0 atom stereocenters. The van der Waals surface area contributed by atoms with E-state index in [2.05, 4.69) is 14.7 Å². The molecule has 0 amide bonds. The Balaban J connectivity index is 1.53. The summed E-state index contributed by atoms with van der Waals surface area (Å²) in [6, 6.07) is 8.34. The van der Waals surface area contributed by atoms with Gasteiger partial charge in [-0.25, -0.2) is 13.1 Å². The van der Waals surface area contributed by atoms with Crippen LogP contribution in [0.1, 0.15) is 25.7 Å². The van der Waals surface area contributed by atoms with Gasteiger partial charge in [-0.1, -0.05) is 18.2 Å². The van der Waals surface area contributed by atoms with E-state index in [0.717, 1.165) is 12.8 Å². The molecule has 1 aromatic heterocycles. The molecule has 0 aliphatic heterocycles. The Labute approximate surface area is 147 Å². The van der Waals surface area contributed by atoms with Crippen LogP contribution in [-0.2, 0) is 10.0 Å². The van der Waals surface area contributed by atoms with E-state index in [9.17, 15) is 8.42 Å². The quantitative estimate of drug-likeness (QED) is 0.846. The van der Waals surface area contributed by atoms with Crippen LogP contribution < -0.4 is 14.2 Å². The Morgan fingerprint density at radius 2 is 1.72 bits per heavy atom. The van der Waals surface area contributed by atoms with Crippen molar-refractivity contribution < 1.29 is 17.9 Å². The number of ether oxygens (including phenoxy) is 2. The number of rotatable bonds is 6. The summed E-state index contributed by atoms with van der Waals surface area (Å²) in [5.41, 5.74) is 0. The van der Waals surface area contributed by atoms with E-state index in [1.54, 1.807) is 36.5 Å². The molecular formula is C17H21N3O4S. The molecule has 2 aromatic rings. The molecule has 0 radical (unpaired) electrons. The summed E-state index contributed by atoms with van der Waals surface area (Å²) in [7, 11) is -1.95. The second-order valence-corrected chi connectivity index (χ2v) is 7.64.